The second kappa shape index (κ2) is 15.9. The van der Waals surface area contributed by atoms with E-state index in [-0.39, 0.29) is 5.41 Å². The lowest BCUT2D eigenvalue weighted by molar-refractivity contribution is 0.376. The van der Waals surface area contributed by atoms with E-state index >= 15 is 0 Å². The van der Waals surface area contributed by atoms with Crippen LogP contribution in [0.2, 0.25) is 0 Å². The van der Waals surface area contributed by atoms with Crippen molar-refractivity contribution in [3.63, 3.8) is 0 Å². The molecule has 2 rings (SSSR count). The molecule has 2 aliphatic carbocycles. The third-order valence-electron chi connectivity index (χ3n) is 8.46. The highest BCUT2D eigenvalue weighted by atomic mass is 14.3. The molecule has 0 aromatic rings. The molecule has 0 bridgehead atoms. The minimum Gasteiger partial charge on any atom is -0.0976 e. The molecule has 40 heavy (non-hydrogen) atoms. The Labute approximate surface area is 248 Å². The summed E-state index contributed by atoms with van der Waals surface area (Å²) in [7, 11) is 0. The van der Waals surface area contributed by atoms with Gasteiger partial charge in [0.1, 0.15) is 0 Å². The van der Waals surface area contributed by atoms with E-state index in [1.807, 2.05) is 0 Å². The molecule has 1 unspecified atom stereocenters. The molecule has 0 fully saturated rings. The molecule has 0 N–H and O–H groups in total. The molecule has 0 radical (unpaired) electrons. The zero-order valence-electron chi connectivity index (χ0n) is 27.4. The second-order valence-corrected chi connectivity index (χ2v) is 13.4. The average Bonchev–Trinajstić information content (AvgIpc) is 2.85. The van der Waals surface area contributed by atoms with Crippen molar-refractivity contribution in [2.24, 2.45) is 16.7 Å². The van der Waals surface area contributed by atoms with Crippen LogP contribution in [0.15, 0.2) is 106 Å². The average molecular weight is 537 g/mol. The van der Waals surface area contributed by atoms with Gasteiger partial charge in [-0.1, -0.05) is 141 Å². The van der Waals surface area contributed by atoms with E-state index < -0.39 is 0 Å². The molecule has 0 spiro atoms. The summed E-state index contributed by atoms with van der Waals surface area (Å²) >= 11 is 0. The molecule has 0 amide bonds. The summed E-state index contributed by atoms with van der Waals surface area (Å²) in [5.41, 5.74) is 10.5. The second-order valence-electron chi connectivity index (χ2n) is 13.4. The van der Waals surface area contributed by atoms with E-state index in [1.54, 1.807) is 11.1 Å². The van der Waals surface area contributed by atoms with Crippen molar-refractivity contribution in [3.8, 4) is 11.8 Å². The highest BCUT2D eigenvalue weighted by molar-refractivity contribution is 5.35. The van der Waals surface area contributed by atoms with Gasteiger partial charge in [0.25, 0.3) is 0 Å². The fraction of sp³-hybridized carbons (Fsp3) is 0.500. The molecular weight excluding hydrogens is 480 g/mol. The van der Waals surface area contributed by atoms with Crippen molar-refractivity contribution in [3.05, 3.63) is 106 Å². The lowest BCUT2D eigenvalue weighted by Crippen LogP contribution is -2.19. The van der Waals surface area contributed by atoms with Crippen molar-refractivity contribution in [1.82, 2.24) is 0 Å². The van der Waals surface area contributed by atoms with Gasteiger partial charge in [-0.25, -0.2) is 0 Å². The highest BCUT2D eigenvalue weighted by Crippen LogP contribution is 2.41. The Morgan fingerprint density at radius 3 is 2.40 bits per heavy atom. The molecule has 0 heterocycles. The van der Waals surface area contributed by atoms with Crippen LogP contribution < -0.4 is 0 Å². The summed E-state index contributed by atoms with van der Waals surface area (Å²) in [5.74, 6) is 7.15. The largest absolute Gasteiger partial charge is 0.0976 e. The summed E-state index contributed by atoms with van der Waals surface area (Å²) in [6.07, 6.45) is 32.5. The first-order valence-corrected chi connectivity index (χ1v) is 15.4. The summed E-state index contributed by atoms with van der Waals surface area (Å²) < 4.78 is 0. The van der Waals surface area contributed by atoms with Crippen LogP contribution in [0, 0.1) is 28.6 Å². The lowest BCUT2D eigenvalue weighted by atomic mass is 9.72. The third-order valence-corrected chi connectivity index (χ3v) is 8.46. The van der Waals surface area contributed by atoms with E-state index in [4.69, 9.17) is 0 Å². The Balaban J connectivity index is 1.81. The summed E-state index contributed by atoms with van der Waals surface area (Å²) in [5, 5.41) is 0. The van der Waals surface area contributed by atoms with Gasteiger partial charge in [0, 0.05) is 6.42 Å². The summed E-state index contributed by atoms with van der Waals surface area (Å²) in [6.45, 7) is 22.8. The van der Waals surface area contributed by atoms with E-state index in [2.05, 4.69) is 148 Å². The molecule has 0 heteroatoms. The number of hydrogen-bond acceptors (Lipinski definition) is 0. The normalized spacial score (nSPS) is 21.1. The monoisotopic (exact) mass is 536 g/mol. The van der Waals surface area contributed by atoms with Gasteiger partial charge < -0.3 is 0 Å². The number of rotatable bonds is 10. The maximum Gasteiger partial charge on any atom is 0.0153 e. The van der Waals surface area contributed by atoms with Gasteiger partial charge in [-0.05, 0) is 101 Å². The molecule has 0 saturated heterocycles. The smallest absolute Gasteiger partial charge is 0.0153 e. The van der Waals surface area contributed by atoms with Crippen LogP contribution in [0.1, 0.15) is 114 Å². The highest BCUT2D eigenvalue weighted by Gasteiger charge is 2.27. The van der Waals surface area contributed by atoms with E-state index in [1.165, 1.54) is 41.6 Å². The van der Waals surface area contributed by atoms with Crippen molar-refractivity contribution in [2.75, 3.05) is 0 Å². The Kier molecular flexibility index (Phi) is 13.3. The quantitative estimate of drug-likeness (QED) is 0.192. The maximum atomic E-state index is 3.37. The van der Waals surface area contributed by atoms with Crippen LogP contribution in [0.4, 0.5) is 0 Å². The van der Waals surface area contributed by atoms with Crippen LogP contribution in [0.25, 0.3) is 0 Å². The predicted molar refractivity (Wildman–Crippen MR) is 180 cm³/mol. The summed E-state index contributed by atoms with van der Waals surface area (Å²) in [6, 6.07) is 0. The zero-order valence-corrected chi connectivity index (χ0v) is 27.4. The molecule has 216 valence electrons. The maximum absolute atomic E-state index is 3.37. The Bertz CT molecular complexity index is 1210. The number of hydrogen-bond donors (Lipinski definition) is 0. The topological polar surface area (TPSA) is 0 Å². The van der Waals surface area contributed by atoms with Crippen molar-refractivity contribution < 1.29 is 0 Å². The van der Waals surface area contributed by atoms with Gasteiger partial charge in [-0.3, -0.25) is 0 Å². The van der Waals surface area contributed by atoms with Crippen molar-refractivity contribution >= 4 is 0 Å². The van der Waals surface area contributed by atoms with E-state index in [0.717, 1.165) is 31.3 Å². The van der Waals surface area contributed by atoms with Gasteiger partial charge >= 0.3 is 0 Å². The van der Waals surface area contributed by atoms with Crippen LogP contribution in [-0.2, 0) is 0 Å². The molecule has 0 aliphatic heterocycles. The fourth-order valence-electron chi connectivity index (χ4n) is 5.79. The van der Waals surface area contributed by atoms with Crippen molar-refractivity contribution in [2.45, 2.75) is 114 Å². The van der Waals surface area contributed by atoms with E-state index in [0.29, 0.717) is 11.3 Å². The van der Waals surface area contributed by atoms with Gasteiger partial charge in [-0.15, -0.1) is 0 Å². The fourth-order valence-corrected chi connectivity index (χ4v) is 5.79. The van der Waals surface area contributed by atoms with E-state index in [9.17, 15) is 0 Å². The van der Waals surface area contributed by atoms with Crippen LogP contribution in [0.3, 0.4) is 0 Å². The van der Waals surface area contributed by atoms with Gasteiger partial charge in [-0.2, -0.15) is 0 Å². The predicted octanol–water partition coefficient (Wildman–Crippen LogP) is 12.1. The molecule has 2 aliphatic rings. The van der Waals surface area contributed by atoms with Crippen molar-refractivity contribution in [1.29, 1.82) is 0 Å². The van der Waals surface area contributed by atoms with Gasteiger partial charge in [0.05, 0.1) is 0 Å². The molecule has 0 aromatic carbocycles. The third kappa shape index (κ3) is 11.4. The first-order valence-electron chi connectivity index (χ1n) is 15.4. The van der Waals surface area contributed by atoms with Gasteiger partial charge in [0.15, 0.2) is 0 Å². The minimum atomic E-state index is 0.290. The zero-order chi connectivity index (χ0) is 29.8. The van der Waals surface area contributed by atoms with Crippen LogP contribution >= 0.6 is 0 Å². The first kappa shape index (κ1) is 33.4. The Hall–Kier alpha value is -2.78. The number of allylic oxidation sites excluding steroid dienone is 18. The Morgan fingerprint density at radius 2 is 1.70 bits per heavy atom. The first-order chi connectivity index (χ1) is 18.8. The Morgan fingerprint density at radius 1 is 0.975 bits per heavy atom. The standard InChI is InChI=1S/C40H56/c1-31(19-13-21-33(3)25-27-37-35(5)23-15-29-39(37,7)8)17-11-12-18-32(2)20-14-22-34(4)26-28-38-36(6)24-16-30-40(38,9)10/h11-13,15,17-19,21,23,26,28,34H,16,22,24-25,27,29-30H2,1-10H3/b12-11+,19-13+,28-26+,31-17-,32-18+,33-21+. The van der Waals surface area contributed by atoms with Crippen LogP contribution in [0.5, 0.6) is 0 Å². The molecule has 1 atom stereocenters. The molecule has 0 nitrogen and oxygen atoms in total. The minimum absolute atomic E-state index is 0.290. The summed E-state index contributed by atoms with van der Waals surface area (Å²) in [4.78, 5) is 0. The lowest BCUT2D eigenvalue weighted by Gasteiger charge is -2.33. The molecule has 0 aromatic heterocycles. The molecule has 0 saturated carbocycles. The molecular formula is C40H56. The van der Waals surface area contributed by atoms with Gasteiger partial charge in [0.2, 0.25) is 0 Å². The SMILES string of the molecule is CC1=C(CC/C(C)=C/C=C/C(C)=C\C=C\C=C(/C)C#CCC(C)/C=C/C2=C(C)CCCC2(C)C)C(C)(C)CC=C1. The van der Waals surface area contributed by atoms with Crippen LogP contribution in [-0.4, -0.2) is 0 Å².